The van der Waals surface area contributed by atoms with Gasteiger partial charge in [0.2, 0.25) is 0 Å². The number of carbonyl (C=O) groups excluding carboxylic acids is 4. The van der Waals surface area contributed by atoms with Crippen molar-refractivity contribution in [1.82, 2.24) is 4.98 Å². The van der Waals surface area contributed by atoms with Crippen LogP contribution in [-0.2, 0) is 38.1 Å². The van der Waals surface area contributed by atoms with Crippen molar-refractivity contribution >= 4 is 45.4 Å². The number of rotatable bonds is 10. The number of fused-ring (bicyclic) bond motifs is 1. The minimum absolute atomic E-state index is 0.174. The molecule has 2 saturated carbocycles. The maximum atomic E-state index is 13.3. The fourth-order valence-corrected chi connectivity index (χ4v) is 8.58. The minimum atomic E-state index is -0.578. The first-order valence-electron chi connectivity index (χ1n) is 17.8. The van der Waals surface area contributed by atoms with E-state index in [0.717, 1.165) is 37.5 Å². The highest BCUT2D eigenvalue weighted by atomic mass is 32.1. The van der Waals surface area contributed by atoms with Crippen LogP contribution in [-0.4, -0.2) is 43.1 Å². The molecule has 2 aliphatic rings. The molecule has 2 aliphatic carbocycles. The van der Waals surface area contributed by atoms with Crippen LogP contribution in [0.3, 0.4) is 0 Å². The molecule has 51 heavy (non-hydrogen) atoms. The summed E-state index contributed by atoms with van der Waals surface area (Å²) in [6.45, 7) is 3.73. The lowest BCUT2D eigenvalue weighted by Crippen LogP contribution is -2.28. The maximum Gasteiger partial charge on any atom is 0.309 e. The minimum Gasteiger partial charge on any atom is -0.469 e. The van der Waals surface area contributed by atoms with Gasteiger partial charge in [0, 0.05) is 16.7 Å². The Labute approximate surface area is 302 Å². The summed E-state index contributed by atoms with van der Waals surface area (Å²) >= 11 is 1.52. The van der Waals surface area contributed by atoms with Gasteiger partial charge in [-0.15, -0.1) is 11.3 Å². The molecule has 2 fully saturated rings. The lowest BCUT2D eigenvalue weighted by atomic mass is 9.82. The molecule has 0 bridgehead atoms. The molecule has 268 valence electrons. The number of aromatic nitrogens is 1. The molecule has 4 aromatic rings. The SMILES string of the molecule is COC(=O)C1CCC(C(=O)OC(C)c2ccc(C(C)OC(=O)C3CCC(C(=O)OC)CC3)c3sc(-c4ccc(-c5ccccc5)cc4)nc23)CC1. The van der Waals surface area contributed by atoms with E-state index in [9.17, 15) is 19.2 Å². The zero-order valence-corrected chi connectivity index (χ0v) is 30.4. The van der Waals surface area contributed by atoms with Gasteiger partial charge in [-0.05, 0) is 76.3 Å². The molecule has 2 atom stereocenters. The molecular formula is C41H45NO8S. The molecule has 0 radical (unpaired) electrons. The molecular weight excluding hydrogens is 667 g/mol. The Morgan fingerprint density at radius 3 is 1.47 bits per heavy atom. The van der Waals surface area contributed by atoms with Gasteiger partial charge in [-0.2, -0.15) is 0 Å². The Balaban J connectivity index is 1.24. The summed E-state index contributed by atoms with van der Waals surface area (Å²) in [6, 6.07) is 22.3. The summed E-state index contributed by atoms with van der Waals surface area (Å²) in [4.78, 5) is 55.7. The van der Waals surface area contributed by atoms with Crippen LogP contribution in [0.5, 0.6) is 0 Å². The summed E-state index contributed by atoms with van der Waals surface area (Å²) in [5, 5.41) is 0.803. The lowest BCUT2D eigenvalue weighted by Gasteiger charge is -2.27. The number of ether oxygens (including phenoxy) is 4. The van der Waals surface area contributed by atoms with Gasteiger partial charge in [0.15, 0.2) is 0 Å². The maximum absolute atomic E-state index is 13.3. The van der Waals surface area contributed by atoms with Crippen LogP contribution in [0.4, 0.5) is 0 Å². The summed E-state index contributed by atoms with van der Waals surface area (Å²) in [7, 11) is 2.79. The number of benzene rings is 3. The topological polar surface area (TPSA) is 118 Å². The molecule has 2 unspecified atom stereocenters. The molecule has 0 N–H and O–H groups in total. The molecule has 0 aliphatic heterocycles. The second-order valence-corrected chi connectivity index (χ2v) is 14.7. The van der Waals surface area contributed by atoms with Crippen molar-refractivity contribution in [2.75, 3.05) is 14.2 Å². The van der Waals surface area contributed by atoms with Gasteiger partial charge in [-0.25, -0.2) is 4.98 Å². The predicted octanol–water partition coefficient (Wildman–Crippen LogP) is 8.80. The van der Waals surface area contributed by atoms with E-state index in [1.165, 1.54) is 25.6 Å². The number of esters is 4. The molecule has 9 nitrogen and oxygen atoms in total. The Kier molecular flexibility index (Phi) is 11.5. The number of hydrogen-bond donors (Lipinski definition) is 0. The Hall–Kier alpha value is -4.57. The highest BCUT2D eigenvalue weighted by Gasteiger charge is 2.34. The van der Waals surface area contributed by atoms with Crippen molar-refractivity contribution in [2.45, 2.75) is 77.4 Å². The monoisotopic (exact) mass is 711 g/mol. The van der Waals surface area contributed by atoms with Gasteiger partial charge >= 0.3 is 23.9 Å². The van der Waals surface area contributed by atoms with Crippen LogP contribution < -0.4 is 0 Å². The smallest absolute Gasteiger partial charge is 0.309 e. The highest BCUT2D eigenvalue weighted by Crippen LogP contribution is 2.41. The first-order chi connectivity index (χ1) is 24.7. The average Bonchev–Trinajstić information content (AvgIpc) is 3.63. The van der Waals surface area contributed by atoms with E-state index in [-0.39, 0.29) is 47.5 Å². The average molecular weight is 712 g/mol. The van der Waals surface area contributed by atoms with Crippen LogP contribution in [0.25, 0.3) is 31.9 Å². The van der Waals surface area contributed by atoms with Gasteiger partial charge in [0.25, 0.3) is 0 Å². The number of carbonyl (C=O) groups is 4. The number of thiazole rings is 1. The van der Waals surface area contributed by atoms with Crippen molar-refractivity contribution in [1.29, 1.82) is 0 Å². The van der Waals surface area contributed by atoms with Crippen molar-refractivity contribution in [3.05, 3.63) is 77.9 Å². The fourth-order valence-electron chi connectivity index (χ4n) is 7.38. The number of nitrogens with zero attached hydrogens (tertiary/aromatic N) is 1. The summed E-state index contributed by atoms with van der Waals surface area (Å²) < 4.78 is 22.8. The van der Waals surface area contributed by atoms with E-state index in [2.05, 4.69) is 36.4 Å². The molecule has 6 rings (SSSR count). The van der Waals surface area contributed by atoms with E-state index in [4.69, 9.17) is 23.9 Å². The zero-order chi connectivity index (χ0) is 36.1. The fraction of sp³-hybridized carbons (Fsp3) is 0.439. The molecule has 3 aromatic carbocycles. The second-order valence-electron chi connectivity index (χ2n) is 13.7. The van der Waals surface area contributed by atoms with E-state index in [1.807, 2.05) is 44.2 Å². The summed E-state index contributed by atoms with van der Waals surface area (Å²) in [5.74, 6) is -1.90. The van der Waals surface area contributed by atoms with Crippen molar-refractivity contribution < 1.29 is 38.1 Å². The van der Waals surface area contributed by atoms with Crippen LogP contribution in [0.1, 0.15) is 88.5 Å². The third-order valence-corrected chi connectivity index (χ3v) is 11.6. The quantitative estimate of drug-likeness (QED) is 0.117. The van der Waals surface area contributed by atoms with Crippen molar-refractivity contribution in [3.63, 3.8) is 0 Å². The van der Waals surface area contributed by atoms with E-state index >= 15 is 0 Å². The summed E-state index contributed by atoms with van der Waals surface area (Å²) in [5.41, 5.74) is 5.48. The predicted molar refractivity (Wildman–Crippen MR) is 194 cm³/mol. The van der Waals surface area contributed by atoms with Crippen LogP contribution in [0.15, 0.2) is 66.7 Å². The van der Waals surface area contributed by atoms with Gasteiger partial charge in [-0.3, -0.25) is 19.2 Å². The molecule has 0 saturated heterocycles. The van der Waals surface area contributed by atoms with Gasteiger partial charge in [0.05, 0.1) is 48.1 Å². The van der Waals surface area contributed by atoms with Crippen LogP contribution in [0.2, 0.25) is 0 Å². The lowest BCUT2D eigenvalue weighted by molar-refractivity contribution is -0.157. The second kappa shape index (κ2) is 16.2. The highest BCUT2D eigenvalue weighted by molar-refractivity contribution is 7.21. The van der Waals surface area contributed by atoms with Gasteiger partial charge in [0.1, 0.15) is 17.2 Å². The van der Waals surface area contributed by atoms with Gasteiger partial charge in [-0.1, -0.05) is 66.7 Å². The molecule has 0 amide bonds. The first kappa shape index (κ1) is 36.2. The van der Waals surface area contributed by atoms with Crippen LogP contribution in [0, 0.1) is 23.7 Å². The number of hydrogen-bond acceptors (Lipinski definition) is 10. The molecule has 1 aromatic heterocycles. The Morgan fingerprint density at radius 1 is 0.569 bits per heavy atom. The largest absolute Gasteiger partial charge is 0.469 e. The summed E-state index contributed by atoms with van der Waals surface area (Å²) in [6.07, 6.45) is 3.58. The Bertz CT molecular complexity index is 1760. The molecule has 1 heterocycles. The van der Waals surface area contributed by atoms with Crippen LogP contribution >= 0.6 is 11.3 Å². The zero-order valence-electron chi connectivity index (χ0n) is 29.6. The normalized spacial score (nSPS) is 21.6. The molecule has 0 spiro atoms. The van der Waals surface area contributed by atoms with E-state index < -0.39 is 12.2 Å². The number of methoxy groups -OCH3 is 2. The third kappa shape index (κ3) is 8.17. The standard InChI is InChI=1S/C41H45NO8S/c1-24(49-40(45)31-18-14-29(15-19-31)38(43)47-3)33-22-23-34(25(2)50-41(46)32-20-16-30(17-21-32)39(44)48-4)36-35(33)42-37(51-36)28-12-10-27(11-13-28)26-8-6-5-7-9-26/h5-13,22-25,29-32H,14-21H2,1-4H3. The Morgan fingerprint density at radius 2 is 0.980 bits per heavy atom. The van der Waals surface area contributed by atoms with Crippen molar-refractivity contribution in [3.8, 4) is 21.7 Å². The third-order valence-electron chi connectivity index (χ3n) is 10.5. The van der Waals surface area contributed by atoms with Gasteiger partial charge < -0.3 is 18.9 Å². The van der Waals surface area contributed by atoms with Crippen molar-refractivity contribution in [2.24, 2.45) is 23.7 Å². The van der Waals surface area contributed by atoms with E-state index in [1.54, 1.807) is 0 Å². The first-order valence-corrected chi connectivity index (χ1v) is 18.6. The molecule has 10 heteroatoms. The van der Waals surface area contributed by atoms with E-state index in [0.29, 0.717) is 56.9 Å².